The fourth-order valence-corrected chi connectivity index (χ4v) is 3.37. The molecule has 0 N–H and O–H groups in total. The number of nitrogens with zero attached hydrogens (tertiary/aromatic N) is 2. The Bertz CT molecular complexity index is 857. The van der Waals surface area contributed by atoms with Crippen molar-refractivity contribution in [3.8, 4) is 5.69 Å². The molecule has 20 heavy (non-hydrogen) atoms. The van der Waals surface area contributed by atoms with E-state index in [4.69, 9.17) is 0 Å². The molecule has 0 saturated carbocycles. The molecule has 1 heterocycles. The predicted molar refractivity (Wildman–Crippen MR) is 87.5 cm³/mol. The van der Waals surface area contributed by atoms with E-state index in [1.807, 2.05) is 43.3 Å². The van der Waals surface area contributed by atoms with Gasteiger partial charge in [-0.2, -0.15) is 5.10 Å². The van der Waals surface area contributed by atoms with E-state index < -0.39 is 0 Å². The highest BCUT2D eigenvalue weighted by molar-refractivity contribution is 9.11. The zero-order valence-corrected chi connectivity index (χ0v) is 13.8. The second-order valence-electron chi connectivity index (χ2n) is 4.45. The van der Waals surface area contributed by atoms with Crippen LogP contribution in [-0.4, -0.2) is 9.78 Å². The van der Waals surface area contributed by atoms with Gasteiger partial charge in [-0.05, 0) is 47.1 Å². The molecule has 5 heteroatoms. The van der Waals surface area contributed by atoms with Gasteiger partial charge in [-0.15, -0.1) is 0 Å². The van der Waals surface area contributed by atoms with Gasteiger partial charge in [-0.1, -0.05) is 34.1 Å². The lowest BCUT2D eigenvalue weighted by Crippen LogP contribution is -2.06. The first-order chi connectivity index (χ1) is 9.58. The maximum absolute atomic E-state index is 12.6. The number of benzene rings is 1. The van der Waals surface area contributed by atoms with Crippen molar-refractivity contribution in [3.05, 3.63) is 67.3 Å². The van der Waals surface area contributed by atoms with E-state index in [0.29, 0.717) is 9.99 Å². The molecule has 0 saturated heterocycles. The Morgan fingerprint density at radius 3 is 2.50 bits per heavy atom. The number of hydrogen-bond donors (Lipinski definition) is 0. The topological polar surface area (TPSA) is 34.9 Å². The highest BCUT2D eigenvalue weighted by Crippen LogP contribution is 2.23. The largest absolute Gasteiger partial charge is 0.286 e. The molecule has 0 amide bonds. The van der Waals surface area contributed by atoms with Crippen molar-refractivity contribution >= 4 is 42.8 Å². The Hall–Kier alpha value is -1.46. The number of aryl methyl sites for hydroxylation is 1. The van der Waals surface area contributed by atoms with Crippen molar-refractivity contribution in [1.82, 2.24) is 9.78 Å². The lowest BCUT2D eigenvalue weighted by molar-refractivity contribution is 0.886. The van der Waals surface area contributed by atoms with Crippen LogP contribution >= 0.6 is 31.9 Å². The predicted octanol–water partition coefficient (Wildman–Crippen LogP) is 4.22. The Balaban J connectivity index is 2.51. The summed E-state index contributed by atoms with van der Waals surface area (Å²) in [4.78, 5) is 12.6. The monoisotopic (exact) mass is 392 g/mol. The number of hydrogen-bond acceptors (Lipinski definition) is 2. The first-order valence-corrected chi connectivity index (χ1v) is 7.60. The van der Waals surface area contributed by atoms with Crippen molar-refractivity contribution in [3.63, 3.8) is 0 Å². The molecule has 3 nitrogen and oxygen atoms in total. The molecular formula is C15H10Br2N2O. The van der Waals surface area contributed by atoms with Crippen molar-refractivity contribution in [1.29, 1.82) is 0 Å². The van der Waals surface area contributed by atoms with Crippen LogP contribution < -0.4 is 5.43 Å². The van der Waals surface area contributed by atoms with E-state index in [1.165, 1.54) is 0 Å². The third kappa shape index (κ3) is 2.21. The van der Waals surface area contributed by atoms with Gasteiger partial charge < -0.3 is 0 Å². The zero-order valence-electron chi connectivity index (χ0n) is 10.6. The Kier molecular flexibility index (Phi) is 3.48. The summed E-state index contributed by atoms with van der Waals surface area (Å²) in [7, 11) is 0. The first kappa shape index (κ1) is 13.5. The van der Waals surface area contributed by atoms with Gasteiger partial charge in [0.1, 0.15) is 5.52 Å². The number of halogens is 2. The summed E-state index contributed by atoms with van der Waals surface area (Å²) in [5, 5.41) is 5.35. The average Bonchev–Trinajstić information content (AvgIpc) is 2.70. The molecule has 0 bridgehead atoms. The fourth-order valence-electron chi connectivity index (χ4n) is 2.17. The van der Waals surface area contributed by atoms with Gasteiger partial charge in [-0.25, -0.2) is 4.68 Å². The quantitative estimate of drug-likeness (QED) is 0.620. The average molecular weight is 394 g/mol. The molecule has 0 aliphatic heterocycles. The molecule has 0 aliphatic rings. The molecule has 1 aromatic heterocycles. The van der Waals surface area contributed by atoms with Crippen LogP contribution in [0, 0.1) is 6.92 Å². The van der Waals surface area contributed by atoms with Crippen LogP contribution in [0.25, 0.3) is 16.6 Å². The second kappa shape index (κ2) is 5.14. The standard InChI is InChI=1S/C15H10Br2N2O/c1-9-12-7-10(16)8-13(17)15(20)14(12)19(18-9)11-5-3-2-4-6-11/h2-8H,1H3. The molecule has 0 fully saturated rings. The summed E-state index contributed by atoms with van der Waals surface area (Å²) < 4.78 is 3.05. The third-order valence-corrected chi connectivity index (χ3v) is 4.13. The smallest absolute Gasteiger partial charge is 0.219 e. The molecule has 0 spiro atoms. The molecule has 3 aromatic rings. The van der Waals surface area contributed by atoms with E-state index in [9.17, 15) is 4.79 Å². The maximum atomic E-state index is 12.6. The second-order valence-corrected chi connectivity index (χ2v) is 6.22. The number of rotatable bonds is 1. The minimum atomic E-state index is -0.0739. The normalized spacial score (nSPS) is 10.9. The van der Waals surface area contributed by atoms with Crippen molar-refractivity contribution in [2.75, 3.05) is 0 Å². The highest BCUT2D eigenvalue weighted by atomic mass is 79.9. The Labute approximate surface area is 132 Å². The molecule has 2 aromatic carbocycles. The molecule has 0 atom stereocenters. The van der Waals surface area contributed by atoms with Gasteiger partial charge >= 0.3 is 0 Å². The Morgan fingerprint density at radius 2 is 1.80 bits per heavy atom. The minimum Gasteiger partial charge on any atom is -0.286 e. The van der Waals surface area contributed by atoms with E-state index in [2.05, 4.69) is 37.0 Å². The molecule has 0 unspecified atom stereocenters. The summed E-state index contributed by atoms with van der Waals surface area (Å²) in [5.74, 6) is 0. The number of fused-ring (bicyclic) bond motifs is 1. The SMILES string of the molecule is Cc1nn(-c2ccccc2)c2c(=O)c(Br)cc(Br)cc12. The van der Waals surface area contributed by atoms with Crippen molar-refractivity contribution in [2.24, 2.45) is 0 Å². The first-order valence-electron chi connectivity index (χ1n) is 6.02. The van der Waals surface area contributed by atoms with Crippen LogP contribution in [0.15, 0.2) is 56.2 Å². The van der Waals surface area contributed by atoms with E-state index >= 15 is 0 Å². The Morgan fingerprint density at radius 1 is 1.10 bits per heavy atom. The van der Waals surface area contributed by atoms with Crippen LogP contribution in [0.5, 0.6) is 0 Å². The summed E-state index contributed by atoms with van der Waals surface area (Å²) in [6.45, 7) is 1.90. The van der Waals surface area contributed by atoms with Crippen molar-refractivity contribution < 1.29 is 0 Å². The van der Waals surface area contributed by atoms with Gasteiger partial charge in [0.2, 0.25) is 5.43 Å². The summed E-state index contributed by atoms with van der Waals surface area (Å²) in [5.41, 5.74) is 2.20. The van der Waals surface area contributed by atoms with Gasteiger partial charge in [0.05, 0.1) is 15.9 Å². The number of para-hydroxylation sites is 1. The lowest BCUT2D eigenvalue weighted by atomic mass is 10.2. The van der Waals surface area contributed by atoms with Gasteiger partial charge in [0, 0.05) is 9.86 Å². The highest BCUT2D eigenvalue weighted by Gasteiger charge is 2.13. The summed E-state index contributed by atoms with van der Waals surface area (Å²) in [6.07, 6.45) is 0. The molecule has 0 aliphatic carbocycles. The van der Waals surface area contributed by atoms with Gasteiger partial charge in [0.15, 0.2) is 0 Å². The fraction of sp³-hybridized carbons (Fsp3) is 0.0667. The maximum Gasteiger partial charge on any atom is 0.219 e. The third-order valence-electron chi connectivity index (χ3n) is 3.09. The zero-order chi connectivity index (χ0) is 14.3. The van der Waals surface area contributed by atoms with Gasteiger partial charge in [0.25, 0.3) is 0 Å². The van der Waals surface area contributed by atoms with Crippen LogP contribution in [0.4, 0.5) is 0 Å². The molecule has 100 valence electrons. The summed E-state index contributed by atoms with van der Waals surface area (Å²) in [6, 6.07) is 13.3. The van der Waals surface area contributed by atoms with Gasteiger partial charge in [-0.3, -0.25) is 4.79 Å². The molecule has 3 rings (SSSR count). The minimum absolute atomic E-state index is 0.0739. The summed E-state index contributed by atoms with van der Waals surface area (Å²) >= 11 is 6.77. The molecular weight excluding hydrogens is 384 g/mol. The lowest BCUT2D eigenvalue weighted by Gasteiger charge is -2.01. The molecule has 0 radical (unpaired) electrons. The van der Waals surface area contributed by atoms with Crippen molar-refractivity contribution in [2.45, 2.75) is 6.92 Å². The van der Waals surface area contributed by atoms with Crippen LogP contribution in [0.1, 0.15) is 5.69 Å². The van der Waals surface area contributed by atoms with E-state index in [0.717, 1.165) is 21.2 Å². The van der Waals surface area contributed by atoms with Crippen LogP contribution in [0.3, 0.4) is 0 Å². The van der Waals surface area contributed by atoms with E-state index in [1.54, 1.807) is 10.7 Å². The van der Waals surface area contributed by atoms with E-state index in [-0.39, 0.29) is 5.43 Å². The number of aromatic nitrogens is 2. The van der Waals surface area contributed by atoms with Crippen LogP contribution in [0.2, 0.25) is 0 Å². The van der Waals surface area contributed by atoms with Crippen LogP contribution in [-0.2, 0) is 0 Å².